The molecule has 1 rings (SSSR count). The molecule has 6 heteroatoms. The molecule has 0 saturated carbocycles. The van der Waals surface area contributed by atoms with E-state index < -0.39 is 6.36 Å². The SMILES string of the molecule is CC.CC(=O)C(CNC(C)C)c1ccc(OC(F)(F)F)cc1. The Kier molecular flexibility index (Phi) is 8.79. The van der Waals surface area contributed by atoms with Gasteiger partial charge in [-0.3, -0.25) is 4.79 Å². The number of ketones is 1. The van der Waals surface area contributed by atoms with Gasteiger partial charge in [-0.2, -0.15) is 0 Å². The van der Waals surface area contributed by atoms with Crippen molar-refractivity contribution in [3.63, 3.8) is 0 Å². The highest BCUT2D eigenvalue weighted by Gasteiger charge is 2.31. The van der Waals surface area contributed by atoms with Crippen LogP contribution in [-0.4, -0.2) is 24.7 Å². The van der Waals surface area contributed by atoms with Gasteiger partial charge in [-0.15, -0.1) is 13.2 Å². The van der Waals surface area contributed by atoms with Crippen molar-refractivity contribution in [3.05, 3.63) is 29.8 Å². The largest absolute Gasteiger partial charge is 0.573 e. The van der Waals surface area contributed by atoms with E-state index in [-0.39, 0.29) is 23.5 Å². The van der Waals surface area contributed by atoms with Gasteiger partial charge in [0.1, 0.15) is 11.5 Å². The zero-order chi connectivity index (χ0) is 17.3. The summed E-state index contributed by atoms with van der Waals surface area (Å²) in [7, 11) is 0. The number of ether oxygens (including phenoxy) is 1. The van der Waals surface area contributed by atoms with E-state index in [0.29, 0.717) is 12.1 Å². The van der Waals surface area contributed by atoms with E-state index in [9.17, 15) is 18.0 Å². The van der Waals surface area contributed by atoms with Crippen LogP contribution in [0.4, 0.5) is 13.2 Å². The summed E-state index contributed by atoms with van der Waals surface area (Å²) in [6.45, 7) is 9.83. The van der Waals surface area contributed by atoms with Gasteiger partial charge < -0.3 is 10.1 Å². The smallest absolute Gasteiger partial charge is 0.406 e. The topological polar surface area (TPSA) is 38.3 Å². The van der Waals surface area contributed by atoms with E-state index in [4.69, 9.17) is 0 Å². The molecule has 0 fully saturated rings. The van der Waals surface area contributed by atoms with Crippen molar-refractivity contribution in [3.8, 4) is 5.75 Å². The van der Waals surface area contributed by atoms with Crippen LogP contribution in [0.25, 0.3) is 0 Å². The molecule has 0 saturated heterocycles. The molecule has 22 heavy (non-hydrogen) atoms. The zero-order valence-electron chi connectivity index (χ0n) is 13.6. The molecule has 1 unspecified atom stereocenters. The second-order valence-electron chi connectivity index (χ2n) is 4.84. The molecule has 0 bridgehead atoms. The Bertz CT molecular complexity index is 442. The summed E-state index contributed by atoms with van der Waals surface area (Å²) in [5.41, 5.74) is 0.667. The van der Waals surface area contributed by atoms with Crippen LogP contribution >= 0.6 is 0 Å². The van der Waals surface area contributed by atoms with Crippen LogP contribution in [0, 0.1) is 0 Å². The molecule has 3 nitrogen and oxygen atoms in total. The lowest BCUT2D eigenvalue weighted by atomic mass is 9.95. The first kappa shape index (κ1) is 20.4. The predicted molar refractivity (Wildman–Crippen MR) is 81.0 cm³/mol. The number of nitrogens with one attached hydrogen (secondary N) is 1. The van der Waals surface area contributed by atoms with Gasteiger partial charge in [0.25, 0.3) is 0 Å². The maximum Gasteiger partial charge on any atom is 0.573 e. The lowest BCUT2D eigenvalue weighted by Crippen LogP contribution is -2.30. The highest BCUT2D eigenvalue weighted by atomic mass is 19.4. The van der Waals surface area contributed by atoms with Gasteiger partial charge in [-0.1, -0.05) is 39.8 Å². The Balaban J connectivity index is 0.00000211. The summed E-state index contributed by atoms with van der Waals surface area (Å²) in [4.78, 5) is 11.6. The molecule has 1 aromatic carbocycles. The number of alkyl halides is 3. The van der Waals surface area contributed by atoms with Crippen LogP contribution < -0.4 is 10.1 Å². The Morgan fingerprint density at radius 3 is 2.05 bits per heavy atom. The minimum atomic E-state index is -4.71. The van der Waals surface area contributed by atoms with Gasteiger partial charge in [-0.05, 0) is 24.6 Å². The maximum atomic E-state index is 12.1. The van der Waals surface area contributed by atoms with Crippen LogP contribution in [0.3, 0.4) is 0 Å². The third kappa shape index (κ3) is 8.02. The van der Waals surface area contributed by atoms with Crippen molar-refractivity contribution >= 4 is 5.78 Å². The van der Waals surface area contributed by atoms with Gasteiger partial charge >= 0.3 is 6.36 Å². The normalized spacial score (nSPS) is 12.4. The molecule has 126 valence electrons. The van der Waals surface area contributed by atoms with Crippen molar-refractivity contribution in [2.75, 3.05) is 6.54 Å². The molecule has 1 atom stereocenters. The molecule has 0 heterocycles. The molecule has 0 spiro atoms. The molecule has 0 radical (unpaired) electrons. The molecule has 0 aliphatic rings. The van der Waals surface area contributed by atoms with E-state index in [0.717, 1.165) is 0 Å². The molecule has 1 aromatic rings. The summed E-state index contributed by atoms with van der Waals surface area (Å²) in [5, 5.41) is 3.15. The van der Waals surface area contributed by atoms with Crippen molar-refractivity contribution in [2.45, 2.75) is 52.9 Å². The second kappa shape index (κ2) is 9.46. The monoisotopic (exact) mass is 319 g/mol. The van der Waals surface area contributed by atoms with Gasteiger partial charge in [-0.25, -0.2) is 0 Å². The fraction of sp³-hybridized carbons (Fsp3) is 0.562. The quantitative estimate of drug-likeness (QED) is 0.850. The lowest BCUT2D eigenvalue weighted by molar-refractivity contribution is -0.274. The van der Waals surface area contributed by atoms with Gasteiger partial charge in [0.2, 0.25) is 0 Å². The third-order valence-corrected chi connectivity index (χ3v) is 2.74. The van der Waals surface area contributed by atoms with Crippen LogP contribution in [0.1, 0.15) is 46.1 Å². The summed E-state index contributed by atoms with van der Waals surface area (Å²) in [6.07, 6.45) is -4.71. The van der Waals surface area contributed by atoms with Crippen molar-refractivity contribution in [2.24, 2.45) is 0 Å². The molecular weight excluding hydrogens is 295 g/mol. The number of benzene rings is 1. The van der Waals surface area contributed by atoms with Crippen molar-refractivity contribution in [1.29, 1.82) is 0 Å². The van der Waals surface area contributed by atoms with Crippen LogP contribution in [0.5, 0.6) is 5.75 Å². The Morgan fingerprint density at radius 1 is 1.18 bits per heavy atom. The van der Waals surface area contributed by atoms with E-state index in [1.807, 2.05) is 27.7 Å². The minimum absolute atomic E-state index is 0.0392. The van der Waals surface area contributed by atoms with Crippen LogP contribution in [-0.2, 0) is 4.79 Å². The van der Waals surface area contributed by atoms with E-state index in [2.05, 4.69) is 10.1 Å². The number of halogens is 3. The average molecular weight is 319 g/mol. The highest BCUT2D eigenvalue weighted by molar-refractivity contribution is 5.83. The molecule has 0 aliphatic heterocycles. The number of carbonyl (C=O) groups is 1. The Labute approximate surface area is 129 Å². The lowest BCUT2D eigenvalue weighted by Gasteiger charge is -2.17. The summed E-state index contributed by atoms with van der Waals surface area (Å²) in [6, 6.07) is 5.62. The Hall–Kier alpha value is -1.56. The van der Waals surface area contributed by atoms with E-state index in [1.54, 1.807) is 0 Å². The number of hydrogen-bond donors (Lipinski definition) is 1. The minimum Gasteiger partial charge on any atom is -0.406 e. The van der Waals surface area contributed by atoms with Crippen LogP contribution in [0.15, 0.2) is 24.3 Å². The van der Waals surface area contributed by atoms with Crippen LogP contribution in [0.2, 0.25) is 0 Å². The predicted octanol–water partition coefficient (Wildman–Crippen LogP) is 4.28. The summed E-state index contributed by atoms with van der Waals surface area (Å²) >= 11 is 0. The number of carbonyl (C=O) groups excluding carboxylic acids is 1. The fourth-order valence-corrected chi connectivity index (χ4v) is 1.75. The van der Waals surface area contributed by atoms with E-state index >= 15 is 0 Å². The number of Topliss-reactive ketones (excluding diaryl/α,β-unsaturated/α-hetero) is 1. The zero-order valence-corrected chi connectivity index (χ0v) is 13.6. The molecular formula is C16H24F3NO2. The third-order valence-electron chi connectivity index (χ3n) is 2.74. The molecule has 1 N–H and O–H groups in total. The molecule has 0 aromatic heterocycles. The second-order valence-corrected chi connectivity index (χ2v) is 4.84. The van der Waals surface area contributed by atoms with Crippen molar-refractivity contribution < 1.29 is 22.7 Å². The number of rotatable bonds is 6. The standard InChI is InChI=1S/C14H18F3NO2.C2H6/c1-9(2)18-8-13(10(3)19)11-4-6-12(7-5-11)20-14(15,16)17;1-2/h4-7,9,13,18H,8H2,1-3H3;1-2H3. The number of hydrogen-bond acceptors (Lipinski definition) is 3. The first-order valence-electron chi connectivity index (χ1n) is 7.28. The highest BCUT2D eigenvalue weighted by Crippen LogP contribution is 2.25. The summed E-state index contributed by atoms with van der Waals surface area (Å²) in [5.74, 6) is -0.708. The van der Waals surface area contributed by atoms with E-state index in [1.165, 1.54) is 31.2 Å². The first-order chi connectivity index (χ1) is 10.2. The first-order valence-corrected chi connectivity index (χ1v) is 7.28. The van der Waals surface area contributed by atoms with Gasteiger partial charge in [0, 0.05) is 12.6 Å². The fourth-order valence-electron chi connectivity index (χ4n) is 1.75. The van der Waals surface area contributed by atoms with Gasteiger partial charge in [0.15, 0.2) is 0 Å². The maximum absolute atomic E-state index is 12.1. The summed E-state index contributed by atoms with van der Waals surface area (Å²) < 4.78 is 40.0. The molecule has 0 aliphatic carbocycles. The molecule has 0 amide bonds. The Morgan fingerprint density at radius 2 is 1.68 bits per heavy atom. The average Bonchev–Trinajstić information content (AvgIpc) is 2.40. The van der Waals surface area contributed by atoms with Gasteiger partial charge in [0.05, 0.1) is 5.92 Å². The van der Waals surface area contributed by atoms with Crippen molar-refractivity contribution in [1.82, 2.24) is 5.32 Å².